The number of nitrogens with two attached hydrogens (primary N) is 1. The van der Waals surface area contributed by atoms with Gasteiger partial charge in [0.2, 0.25) is 5.91 Å². The van der Waals surface area contributed by atoms with E-state index in [1.807, 2.05) is 0 Å². The third-order valence-electron chi connectivity index (χ3n) is 3.95. The van der Waals surface area contributed by atoms with E-state index in [2.05, 4.69) is 10.3 Å². The lowest BCUT2D eigenvalue weighted by Gasteiger charge is -2.06. The van der Waals surface area contributed by atoms with E-state index in [1.54, 1.807) is 6.92 Å². The molecule has 0 aliphatic carbocycles. The van der Waals surface area contributed by atoms with Gasteiger partial charge >= 0.3 is 6.18 Å². The van der Waals surface area contributed by atoms with E-state index in [1.165, 1.54) is 30.3 Å². The van der Waals surface area contributed by atoms with Crippen LogP contribution in [0.4, 0.5) is 18.9 Å². The number of alkyl halides is 3. The molecular formula is C19H13ClF3N3O2S. The fourth-order valence-corrected chi connectivity index (χ4v) is 3.75. The molecule has 3 rings (SSSR count). The Labute approximate surface area is 172 Å². The number of anilines is 1. The van der Waals surface area contributed by atoms with Crippen LogP contribution >= 0.6 is 22.9 Å². The van der Waals surface area contributed by atoms with Crippen molar-refractivity contribution >= 4 is 40.4 Å². The second-order valence-corrected chi connectivity index (χ2v) is 7.43. The number of carbonyl (C=O) groups is 2. The second kappa shape index (κ2) is 7.84. The van der Waals surface area contributed by atoms with Crippen molar-refractivity contribution in [3.63, 3.8) is 0 Å². The van der Waals surface area contributed by atoms with Crippen molar-refractivity contribution in [1.29, 1.82) is 0 Å². The van der Waals surface area contributed by atoms with Crippen LogP contribution in [0.1, 0.15) is 31.3 Å². The fourth-order valence-electron chi connectivity index (χ4n) is 2.51. The largest absolute Gasteiger partial charge is 0.416 e. The lowest BCUT2D eigenvalue weighted by molar-refractivity contribution is -0.137. The lowest BCUT2D eigenvalue weighted by atomic mass is 10.1. The minimum absolute atomic E-state index is 0.0989. The zero-order chi connectivity index (χ0) is 21.3. The molecule has 3 N–H and O–H groups in total. The molecule has 29 heavy (non-hydrogen) atoms. The molecule has 0 unspecified atom stereocenters. The molecule has 0 aliphatic rings. The molecular weight excluding hydrogens is 427 g/mol. The Kier molecular flexibility index (Phi) is 5.63. The maximum atomic E-state index is 12.7. The summed E-state index contributed by atoms with van der Waals surface area (Å²) in [6.07, 6.45) is -4.42. The predicted octanol–water partition coefficient (Wildman–Crippen LogP) is 5.14. The van der Waals surface area contributed by atoms with E-state index >= 15 is 0 Å². The Morgan fingerprint density at radius 2 is 1.79 bits per heavy atom. The number of nitrogens with one attached hydrogen (secondary N) is 1. The highest BCUT2D eigenvalue weighted by Gasteiger charge is 2.30. The summed E-state index contributed by atoms with van der Waals surface area (Å²) >= 11 is 7.03. The van der Waals surface area contributed by atoms with E-state index in [4.69, 9.17) is 17.3 Å². The number of aromatic nitrogens is 1. The first-order chi connectivity index (χ1) is 13.6. The summed E-state index contributed by atoms with van der Waals surface area (Å²) < 4.78 is 38.1. The number of hydrogen-bond acceptors (Lipinski definition) is 4. The van der Waals surface area contributed by atoms with E-state index < -0.39 is 23.6 Å². The molecule has 2 amide bonds. The summed E-state index contributed by atoms with van der Waals surface area (Å²) in [4.78, 5) is 28.4. The molecule has 0 aliphatic heterocycles. The zero-order valence-corrected chi connectivity index (χ0v) is 16.4. The van der Waals surface area contributed by atoms with Gasteiger partial charge in [-0.05, 0) is 37.3 Å². The number of primary amides is 1. The highest BCUT2D eigenvalue weighted by Crippen LogP contribution is 2.33. The van der Waals surface area contributed by atoms with Crippen molar-refractivity contribution in [3.8, 4) is 10.6 Å². The molecule has 5 nitrogen and oxygen atoms in total. The molecule has 3 aromatic rings. The Hall–Kier alpha value is -2.91. The molecule has 0 bridgehead atoms. The Morgan fingerprint density at radius 1 is 1.14 bits per heavy atom. The monoisotopic (exact) mass is 439 g/mol. The Morgan fingerprint density at radius 3 is 2.34 bits per heavy atom. The molecule has 0 radical (unpaired) electrons. The lowest BCUT2D eigenvalue weighted by Crippen LogP contribution is -2.14. The number of thiazole rings is 1. The van der Waals surface area contributed by atoms with E-state index in [9.17, 15) is 22.8 Å². The number of aryl methyl sites for hydroxylation is 1. The van der Waals surface area contributed by atoms with Crippen LogP contribution < -0.4 is 11.1 Å². The van der Waals surface area contributed by atoms with Gasteiger partial charge in [0.25, 0.3) is 5.91 Å². The van der Waals surface area contributed by atoms with Crippen molar-refractivity contribution in [3.05, 3.63) is 69.2 Å². The minimum atomic E-state index is -4.42. The van der Waals surface area contributed by atoms with Crippen molar-refractivity contribution in [2.75, 3.05) is 5.32 Å². The third-order valence-corrected chi connectivity index (χ3v) is 5.47. The second-order valence-electron chi connectivity index (χ2n) is 6.02. The Bertz CT molecular complexity index is 1100. The van der Waals surface area contributed by atoms with Crippen molar-refractivity contribution in [1.82, 2.24) is 4.98 Å². The summed E-state index contributed by atoms with van der Waals surface area (Å²) in [5.41, 5.74) is 5.82. The van der Waals surface area contributed by atoms with Crippen LogP contribution in [-0.4, -0.2) is 16.8 Å². The Balaban J connectivity index is 1.82. The topological polar surface area (TPSA) is 85.1 Å². The number of hydrogen-bond donors (Lipinski definition) is 2. The van der Waals surface area contributed by atoms with E-state index in [-0.39, 0.29) is 10.6 Å². The van der Waals surface area contributed by atoms with Crippen LogP contribution in [0.3, 0.4) is 0 Å². The summed E-state index contributed by atoms with van der Waals surface area (Å²) in [6, 6.07) is 8.83. The number of halogens is 4. The van der Waals surface area contributed by atoms with Crippen molar-refractivity contribution < 1.29 is 22.8 Å². The highest BCUT2D eigenvalue weighted by atomic mass is 35.5. The summed E-state index contributed by atoms with van der Waals surface area (Å²) in [7, 11) is 0. The SMILES string of the molecule is Cc1nc(-c2ccc(C(F)(F)F)cc2)sc1C(=O)Nc1ccc(C(N)=O)c(Cl)c1. The van der Waals surface area contributed by atoms with Crippen molar-refractivity contribution in [2.24, 2.45) is 5.73 Å². The van der Waals surface area contributed by atoms with Gasteiger partial charge in [-0.25, -0.2) is 4.98 Å². The molecule has 0 atom stereocenters. The van der Waals surface area contributed by atoms with Gasteiger partial charge in [-0.3, -0.25) is 9.59 Å². The standard InChI is InChI=1S/C19H13ClF3N3O2S/c1-9-15(17(28)26-12-6-7-13(16(24)27)14(20)8-12)29-18(25-9)10-2-4-11(5-3-10)19(21,22)23/h2-8H,1H3,(H2,24,27)(H,26,28). The molecule has 0 fully saturated rings. The van der Waals surface area contributed by atoms with Crippen LogP contribution in [0.15, 0.2) is 42.5 Å². The van der Waals surface area contributed by atoms with E-state index in [0.717, 1.165) is 23.5 Å². The fraction of sp³-hybridized carbons (Fsp3) is 0.105. The van der Waals surface area contributed by atoms with Gasteiger partial charge in [0.15, 0.2) is 0 Å². The number of benzene rings is 2. The van der Waals surface area contributed by atoms with Gasteiger partial charge in [0, 0.05) is 11.3 Å². The van der Waals surface area contributed by atoms with Crippen LogP contribution in [-0.2, 0) is 6.18 Å². The first-order valence-corrected chi connectivity index (χ1v) is 9.31. The molecule has 1 aromatic heterocycles. The zero-order valence-electron chi connectivity index (χ0n) is 14.8. The molecule has 150 valence electrons. The van der Waals surface area contributed by atoms with Gasteiger partial charge in [-0.1, -0.05) is 23.7 Å². The van der Waals surface area contributed by atoms with Gasteiger partial charge in [-0.2, -0.15) is 13.2 Å². The first kappa shape index (κ1) is 20.8. The molecule has 0 spiro atoms. The van der Waals surface area contributed by atoms with Gasteiger partial charge in [0.05, 0.1) is 21.8 Å². The number of nitrogens with zero attached hydrogens (tertiary/aromatic N) is 1. The van der Waals surface area contributed by atoms with Crippen LogP contribution in [0.25, 0.3) is 10.6 Å². The van der Waals surface area contributed by atoms with E-state index in [0.29, 0.717) is 26.8 Å². The summed E-state index contributed by atoms with van der Waals surface area (Å²) in [6.45, 7) is 1.63. The molecule has 0 saturated heterocycles. The maximum Gasteiger partial charge on any atom is 0.416 e. The predicted molar refractivity (Wildman–Crippen MR) is 105 cm³/mol. The molecule has 0 saturated carbocycles. The van der Waals surface area contributed by atoms with Crippen LogP contribution in [0.2, 0.25) is 5.02 Å². The number of carbonyl (C=O) groups excluding carboxylic acids is 2. The van der Waals surface area contributed by atoms with Crippen molar-refractivity contribution in [2.45, 2.75) is 13.1 Å². The summed E-state index contributed by atoms with van der Waals surface area (Å²) in [5, 5.41) is 3.16. The number of amides is 2. The molecule has 1 heterocycles. The average Bonchev–Trinajstić information content (AvgIpc) is 3.03. The smallest absolute Gasteiger partial charge is 0.366 e. The molecule has 2 aromatic carbocycles. The third kappa shape index (κ3) is 4.57. The highest BCUT2D eigenvalue weighted by molar-refractivity contribution is 7.17. The summed E-state index contributed by atoms with van der Waals surface area (Å²) in [5.74, 6) is -1.14. The minimum Gasteiger partial charge on any atom is -0.366 e. The maximum absolute atomic E-state index is 12.7. The van der Waals surface area contributed by atoms with Crippen LogP contribution in [0.5, 0.6) is 0 Å². The van der Waals surface area contributed by atoms with Gasteiger partial charge in [-0.15, -0.1) is 11.3 Å². The van der Waals surface area contributed by atoms with Gasteiger partial charge < -0.3 is 11.1 Å². The van der Waals surface area contributed by atoms with Crippen LogP contribution in [0, 0.1) is 6.92 Å². The first-order valence-electron chi connectivity index (χ1n) is 8.12. The number of rotatable bonds is 4. The normalized spacial score (nSPS) is 11.3. The average molecular weight is 440 g/mol. The quantitative estimate of drug-likeness (QED) is 0.590. The molecule has 10 heteroatoms. The van der Waals surface area contributed by atoms with Gasteiger partial charge in [0.1, 0.15) is 9.88 Å².